The van der Waals surface area contributed by atoms with E-state index in [0.717, 1.165) is 25.7 Å². The first-order valence-corrected chi connectivity index (χ1v) is 6.63. The van der Waals surface area contributed by atoms with Gasteiger partial charge in [-0.05, 0) is 31.9 Å². The zero-order valence-electron chi connectivity index (χ0n) is 10.5. The van der Waals surface area contributed by atoms with Gasteiger partial charge in [-0.15, -0.1) is 0 Å². The fourth-order valence-corrected chi connectivity index (χ4v) is 2.76. The number of hydrogen-bond donors (Lipinski definition) is 1. The molecule has 1 aliphatic heterocycles. The number of anilines is 2. The maximum absolute atomic E-state index is 5.81. The average molecular weight is 231 g/mol. The average Bonchev–Trinajstić information content (AvgIpc) is 3.21. The molecular weight excluding hydrogens is 210 g/mol. The molecule has 0 amide bonds. The Morgan fingerprint density at radius 3 is 2.59 bits per heavy atom. The Morgan fingerprint density at radius 1 is 1.24 bits per heavy atom. The fraction of sp³-hybridized carbons (Fsp3) is 0.571. The van der Waals surface area contributed by atoms with Crippen LogP contribution >= 0.6 is 0 Å². The minimum absolute atomic E-state index is 0.428. The summed E-state index contributed by atoms with van der Waals surface area (Å²) in [4.78, 5) is 5.03. The van der Waals surface area contributed by atoms with Crippen LogP contribution in [0.2, 0.25) is 0 Å². The Labute approximate surface area is 103 Å². The van der Waals surface area contributed by atoms with Crippen molar-refractivity contribution in [3.05, 3.63) is 24.3 Å². The van der Waals surface area contributed by atoms with Crippen LogP contribution in [-0.4, -0.2) is 31.7 Å². The minimum Gasteiger partial charge on any atom is -0.365 e. The zero-order chi connectivity index (χ0) is 11.8. The molecule has 1 aromatic rings. The van der Waals surface area contributed by atoms with Crippen molar-refractivity contribution < 1.29 is 0 Å². The lowest BCUT2D eigenvalue weighted by Gasteiger charge is -2.41. The van der Waals surface area contributed by atoms with E-state index in [9.17, 15) is 0 Å². The quantitative estimate of drug-likeness (QED) is 0.861. The van der Waals surface area contributed by atoms with Gasteiger partial charge in [0, 0.05) is 31.7 Å². The smallest absolute Gasteiger partial charge is 0.0607 e. The van der Waals surface area contributed by atoms with Crippen molar-refractivity contribution in [2.24, 2.45) is 5.73 Å². The van der Waals surface area contributed by atoms with Crippen LogP contribution in [0.25, 0.3) is 0 Å². The standard InChI is InChI=1S/C14H21N3/c1-11(10-15)16-8-9-17(12-6-7-12)14-5-3-2-4-13(14)16/h2-5,11-12H,6-10,15H2,1H3/t11-/m0/s1. The Bertz CT molecular complexity index is 400. The molecule has 1 aliphatic carbocycles. The van der Waals surface area contributed by atoms with E-state index < -0.39 is 0 Å². The van der Waals surface area contributed by atoms with Crippen LogP contribution in [0.4, 0.5) is 11.4 Å². The minimum atomic E-state index is 0.428. The van der Waals surface area contributed by atoms with Crippen molar-refractivity contribution in [1.82, 2.24) is 0 Å². The summed E-state index contributed by atoms with van der Waals surface area (Å²) in [6, 6.07) is 9.99. The van der Waals surface area contributed by atoms with Crippen LogP contribution in [0.15, 0.2) is 24.3 Å². The molecule has 0 bridgehead atoms. The summed E-state index contributed by atoms with van der Waals surface area (Å²) in [6.45, 7) is 5.18. The topological polar surface area (TPSA) is 32.5 Å². The number of para-hydroxylation sites is 2. The second-order valence-corrected chi connectivity index (χ2v) is 5.19. The van der Waals surface area contributed by atoms with E-state index in [0.29, 0.717) is 6.04 Å². The van der Waals surface area contributed by atoms with Crippen molar-refractivity contribution in [2.75, 3.05) is 29.4 Å². The van der Waals surface area contributed by atoms with Gasteiger partial charge in [0.1, 0.15) is 0 Å². The van der Waals surface area contributed by atoms with Gasteiger partial charge < -0.3 is 15.5 Å². The molecule has 1 aromatic carbocycles. The predicted octanol–water partition coefficient (Wildman–Crippen LogP) is 1.82. The second kappa shape index (κ2) is 4.22. The third-order valence-corrected chi connectivity index (χ3v) is 3.94. The number of benzene rings is 1. The van der Waals surface area contributed by atoms with Gasteiger partial charge >= 0.3 is 0 Å². The van der Waals surface area contributed by atoms with Crippen LogP contribution in [0.3, 0.4) is 0 Å². The second-order valence-electron chi connectivity index (χ2n) is 5.19. The molecule has 3 heteroatoms. The van der Waals surface area contributed by atoms with Gasteiger partial charge in [0.05, 0.1) is 11.4 Å². The molecule has 2 aliphatic rings. The fourth-order valence-electron chi connectivity index (χ4n) is 2.76. The Kier molecular flexibility index (Phi) is 2.71. The molecule has 0 unspecified atom stereocenters. The Balaban J connectivity index is 1.94. The number of nitrogens with two attached hydrogens (primary N) is 1. The van der Waals surface area contributed by atoms with Crippen molar-refractivity contribution in [3.63, 3.8) is 0 Å². The summed E-state index contributed by atoms with van der Waals surface area (Å²) < 4.78 is 0. The number of hydrogen-bond acceptors (Lipinski definition) is 3. The van der Waals surface area contributed by atoms with Crippen LogP contribution < -0.4 is 15.5 Å². The van der Waals surface area contributed by atoms with Gasteiger partial charge in [-0.25, -0.2) is 0 Å². The van der Waals surface area contributed by atoms with Crippen molar-refractivity contribution in [1.29, 1.82) is 0 Å². The highest BCUT2D eigenvalue weighted by molar-refractivity contribution is 5.74. The van der Waals surface area contributed by atoms with Gasteiger partial charge in [0.2, 0.25) is 0 Å². The molecule has 1 heterocycles. The first-order chi connectivity index (χ1) is 8.31. The third kappa shape index (κ3) is 1.89. The lowest BCUT2D eigenvalue weighted by molar-refractivity contribution is 0.608. The molecule has 3 nitrogen and oxygen atoms in total. The summed E-state index contributed by atoms with van der Waals surface area (Å²) in [7, 11) is 0. The van der Waals surface area contributed by atoms with E-state index in [-0.39, 0.29) is 0 Å². The van der Waals surface area contributed by atoms with Crippen LogP contribution in [-0.2, 0) is 0 Å². The summed E-state index contributed by atoms with van der Waals surface area (Å²) >= 11 is 0. The number of fused-ring (bicyclic) bond motifs is 1. The van der Waals surface area contributed by atoms with Gasteiger partial charge in [0.15, 0.2) is 0 Å². The molecule has 1 fully saturated rings. The van der Waals surface area contributed by atoms with Gasteiger partial charge in [-0.3, -0.25) is 0 Å². The first-order valence-electron chi connectivity index (χ1n) is 6.63. The van der Waals surface area contributed by atoms with E-state index >= 15 is 0 Å². The summed E-state index contributed by atoms with van der Waals surface area (Å²) in [6.07, 6.45) is 2.72. The molecule has 3 rings (SSSR count). The molecule has 17 heavy (non-hydrogen) atoms. The first kappa shape index (κ1) is 10.9. The molecule has 0 spiro atoms. The molecule has 0 saturated heterocycles. The van der Waals surface area contributed by atoms with E-state index in [1.165, 1.54) is 24.2 Å². The van der Waals surface area contributed by atoms with E-state index in [1.54, 1.807) is 0 Å². The summed E-state index contributed by atoms with van der Waals surface area (Å²) in [5, 5.41) is 0. The van der Waals surface area contributed by atoms with E-state index in [1.807, 2.05) is 0 Å². The summed E-state index contributed by atoms with van der Waals surface area (Å²) in [5.41, 5.74) is 8.58. The highest BCUT2D eigenvalue weighted by atomic mass is 15.3. The lowest BCUT2D eigenvalue weighted by Crippen LogP contribution is -2.48. The van der Waals surface area contributed by atoms with E-state index in [2.05, 4.69) is 41.0 Å². The summed E-state index contributed by atoms with van der Waals surface area (Å²) in [5.74, 6) is 0. The van der Waals surface area contributed by atoms with Crippen molar-refractivity contribution in [3.8, 4) is 0 Å². The van der Waals surface area contributed by atoms with Crippen molar-refractivity contribution >= 4 is 11.4 Å². The predicted molar refractivity (Wildman–Crippen MR) is 72.7 cm³/mol. The molecular formula is C14H21N3. The molecule has 1 atom stereocenters. The SMILES string of the molecule is C[C@@H](CN)N1CCN(C2CC2)c2ccccc21. The Hall–Kier alpha value is -1.22. The lowest BCUT2D eigenvalue weighted by atomic mass is 10.1. The molecule has 92 valence electrons. The largest absolute Gasteiger partial charge is 0.365 e. The highest BCUT2D eigenvalue weighted by Crippen LogP contribution is 2.40. The zero-order valence-corrected chi connectivity index (χ0v) is 10.5. The van der Waals surface area contributed by atoms with Gasteiger partial charge in [-0.2, -0.15) is 0 Å². The Morgan fingerprint density at radius 2 is 1.94 bits per heavy atom. The normalized spacial score (nSPS) is 21.3. The maximum Gasteiger partial charge on any atom is 0.0607 e. The van der Waals surface area contributed by atoms with E-state index in [4.69, 9.17) is 5.73 Å². The van der Waals surface area contributed by atoms with Crippen LogP contribution in [0, 0.1) is 0 Å². The van der Waals surface area contributed by atoms with Gasteiger partial charge in [0.25, 0.3) is 0 Å². The van der Waals surface area contributed by atoms with Crippen LogP contribution in [0.5, 0.6) is 0 Å². The van der Waals surface area contributed by atoms with Crippen molar-refractivity contribution in [2.45, 2.75) is 31.8 Å². The van der Waals surface area contributed by atoms with Gasteiger partial charge in [-0.1, -0.05) is 12.1 Å². The highest BCUT2D eigenvalue weighted by Gasteiger charge is 2.34. The monoisotopic (exact) mass is 231 g/mol. The molecule has 0 radical (unpaired) electrons. The third-order valence-electron chi connectivity index (χ3n) is 3.94. The number of rotatable bonds is 3. The van der Waals surface area contributed by atoms with Crippen LogP contribution in [0.1, 0.15) is 19.8 Å². The molecule has 0 aromatic heterocycles. The molecule has 1 saturated carbocycles. The molecule has 2 N–H and O–H groups in total. The number of nitrogens with zero attached hydrogens (tertiary/aromatic N) is 2. The maximum atomic E-state index is 5.81.